The van der Waals surface area contributed by atoms with Gasteiger partial charge in [-0.1, -0.05) is 18.2 Å². The van der Waals surface area contributed by atoms with Gasteiger partial charge in [0.2, 0.25) is 10.0 Å². The number of anilines is 1. The van der Waals surface area contributed by atoms with E-state index in [0.717, 1.165) is 17.5 Å². The van der Waals surface area contributed by atoms with Crippen molar-refractivity contribution in [1.29, 1.82) is 0 Å². The van der Waals surface area contributed by atoms with Crippen molar-refractivity contribution in [1.82, 2.24) is 13.1 Å². The predicted octanol–water partition coefficient (Wildman–Crippen LogP) is 1.05. The fourth-order valence-electron chi connectivity index (χ4n) is 2.20. The predicted molar refractivity (Wildman–Crippen MR) is 77.3 cm³/mol. The number of sulfonamides is 1. The molecule has 6 nitrogen and oxygen atoms in total. The number of rotatable bonds is 3. The maximum absolute atomic E-state index is 12.5. The lowest BCUT2D eigenvalue weighted by Crippen LogP contribution is -2.48. The summed E-state index contributed by atoms with van der Waals surface area (Å²) < 4.78 is 34.6. The van der Waals surface area contributed by atoms with Gasteiger partial charge >= 0.3 is 0 Å². The van der Waals surface area contributed by atoms with Crippen molar-refractivity contribution in [2.45, 2.75) is 4.90 Å². The lowest BCUT2D eigenvalue weighted by atomic mass is 10.4. The van der Waals surface area contributed by atoms with Gasteiger partial charge in [0.15, 0.2) is 5.82 Å². The van der Waals surface area contributed by atoms with Gasteiger partial charge in [0.25, 0.3) is 0 Å². The van der Waals surface area contributed by atoms with Crippen molar-refractivity contribution in [2.75, 3.05) is 31.1 Å². The van der Waals surface area contributed by atoms with E-state index in [1.54, 1.807) is 30.5 Å². The van der Waals surface area contributed by atoms with E-state index >= 15 is 0 Å². The Bertz CT molecular complexity index is 650. The highest BCUT2D eigenvalue weighted by atomic mass is 32.2. The molecule has 106 valence electrons. The fourth-order valence-corrected chi connectivity index (χ4v) is 4.08. The van der Waals surface area contributed by atoms with Crippen molar-refractivity contribution >= 4 is 27.6 Å². The van der Waals surface area contributed by atoms with Gasteiger partial charge in [-0.05, 0) is 12.1 Å². The Morgan fingerprint density at radius 1 is 1.05 bits per heavy atom. The van der Waals surface area contributed by atoms with Crippen LogP contribution in [0.1, 0.15) is 0 Å². The van der Waals surface area contributed by atoms with Crippen molar-refractivity contribution in [3.05, 3.63) is 36.5 Å². The minimum absolute atomic E-state index is 0.351. The molecule has 0 aliphatic carbocycles. The number of piperazine rings is 1. The molecule has 0 saturated carbocycles. The summed E-state index contributed by atoms with van der Waals surface area (Å²) >= 11 is 1.16. The summed E-state index contributed by atoms with van der Waals surface area (Å²) in [5.74, 6) is 0.826. The average Bonchev–Trinajstić information content (AvgIpc) is 3.02. The zero-order valence-electron chi connectivity index (χ0n) is 10.7. The summed E-state index contributed by atoms with van der Waals surface area (Å²) in [7, 11) is -3.38. The lowest BCUT2D eigenvalue weighted by molar-refractivity contribution is 0.384. The van der Waals surface area contributed by atoms with Crippen LogP contribution in [-0.2, 0) is 10.0 Å². The molecule has 0 N–H and O–H groups in total. The van der Waals surface area contributed by atoms with Crippen LogP contribution >= 0.6 is 11.7 Å². The number of benzene rings is 1. The van der Waals surface area contributed by atoms with Crippen LogP contribution in [0.15, 0.2) is 41.4 Å². The second-order valence-electron chi connectivity index (χ2n) is 4.47. The second kappa shape index (κ2) is 5.47. The van der Waals surface area contributed by atoms with Gasteiger partial charge in [0.1, 0.15) is 0 Å². The first kappa shape index (κ1) is 13.5. The molecular formula is C12H14N4O2S2. The van der Waals surface area contributed by atoms with Gasteiger partial charge in [0, 0.05) is 26.2 Å². The summed E-state index contributed by atoms with van der Waals surface area (Å²) in [6.45, 7) is 2.21. The van der Waals surface area contributed by atoms with Crippen molar-refractivity contribution in [3.63, 3.8) is 0 Å². The lowest BCUT2D eigenvalue weighted by Gasteiger charge is -2.33. The number of nitrogens with zero attached hydrogens (tertiary/aromatic N) is 4. The summed E-state index contributed by atoms with van der Waals surface area (Å²) in [6, 6.07) is 8.55. The van der Waals surface area contributed by atoms with Crippen molar-refractivity contribution in [3.8, 4) is 0 Å². The third kappa shape index (κ3) is 2.54. The molecule has 2 heterocycles. The summed E-state index contributed by atoms with van der Waals surface area (Å²) in [5, 5.41) is 0. The Kier molecular flexibility index (Phi) is 3.68. The van der Waals surface area contributed by atoms with Gasteiger partial charge in [-0.25, -0.2) is 8.42 Å². The fraction of sp³-hybridized carbons (Fsp3) is 0.333. The maximum Gasteiger partial charge on any atom is 0.243 e. The van der Waals surface area contributed by atoms with Gasteiger partial charge in [0.05, 0.1) is 22.8 Å². The molecular weight excluding hydrogens is 296 g/mol. The van der Waals surface area contributed by atoms with E-state index in [1.165, 1.54) is 4.31 Å². The molecule has 0 amide bonds. The van der Waals surface area contributed by atoms with Crippen LogP contribution in [0.5, 0.6) is 0 Å². The Hall–Kier alpha value is -1.51. The molecule has 1 saturated heterocycles. The van der Waals surface area contributed by atoms with Crippen LogP contribution in [0.3, 0.4) is 0 Å². The smallest absolute Gasteiger partial charge is 0.243 e. The van der Waals surface area contributed by atoms with Crippen LogP contribution in [0.2, 0.25) is 0 Å². The first-order valence-electron chi connectivity index (χ1n) is 6.25. The third-order valence-electron chi connectivity index (χ3n) is 3.29. The first-order valence-corrected chi connectivity index (χ1v) is 8.43. The van der Waals surface area contributed by atoms with Crippen LogP contribution in [-0.4, -0.2) is 47.6 Å². The molecule has 20 heavy (non-hydrogen) atoms. The molecule has 1 aliphatic rings. The van der Waals surface area contributed by atoms with Gasteiger partial charge in [-0.15, -0.1) is 0 Å². The van der Waals surface area contributed by atoms with E-state index in [1.807, 2.05) is 6.07 Å². The maximum atomic E-state index is 12.5. The Morgan fingerprint density at radius 3 is 2.35 bits per heavy atom. The Balaban J connectivity index is 1.72. The van der Waals surface area contributed by atoms with Gasteiger partial charge in [-0.2, -0.15) is 13.1 Å². The average molecular weight is 310 g/mol. The number of hydrogen-bond acceptors (Lipinski definition) is 6. The molecule has 8 heteroatoms. The largest absolute Gasteiger partial charge is 0.352 e. The van der Waals surface area contributed by atoms with E-state index in [0.29, 0.717) is 31.1 Å². The molecule has 1 fully saturated rings. The monoisotopic (exact) mass is 310 g/mol. The van der Waals surface area contributed by atoms with E-state index in [-0.39, 0.29) is 0 Å². The van der Waals surface area contributed by atoms with Gasteiger partial charge in [-0.3, -0.25) is 0 Å². The normalized spacial score (nSPS) is 17.3. The summed E-state index contributed by atoms with van der Waals surface area (Å²) in [6.07, 6.45) is 1.71. The molecule has 2 aromatic rings. The molecule has 0 atom stereocenters. The highest BCUT2D eigenvalue weighted by Crippen LogP contribution is 2.19. The second-order valence-corrected chi connectivity index (χ2v) is 6.96. The zero-order chi connectivity index (χ0) is 14.0. The molecule has 1 aliphatic heterocycles. The molecule has 1 aromatic heterocycles. The van der Waals surface area contributed by atoms with Crippen LogP contribution < -0.4 is 4.90 Å². The third-order valence-corrected chi connectivity index (χ3v) is 5.67. The molecule has 0 radical (unpaired) electrons. The highest BCUT2D eigenvalue weighted by molar-refractivity contribution is 7.89. The topological polar surface area (TPSA) is 66.4 Å². The number of aromatic nitrogens is 2. The van der Waals surface area contributed by atoms with Crippen molar-refractivity contribution in [2.24, 2.45) is 0 Å². The molecule has 0 spiro atoms. The molecule has 0 bridgehead atoms. The van der Waals surface area contributed by atoms with Crippen LogP contribution in [0.25, 0.3) is 0 Å². The quantitative estimate of drug-likeness (QED) is 0.848. The first-order chi connectivity index (χ1) is 9.68. The standard InChI is InChI=1S/C12H14N4O2S2/c17-20(18,11-4-2-1-3-5-11)16-8-6-15(7-9-16)12-10-13-19-14-12/h1-5,10H,6-9H2. The van der Waals surface area contributed by atoms with Crippen LogP contribution in [0, 0.1) is 0 Å². The molecule has 0 unspecified atom stereocenters. The minimum atomic E-state index is -3.38. The molecule has 3 rings (SSSR count). The highest BCUT2D eigenvalue weighted by Gasteiger charge is 2.28. The Labute approximate surface area is 122 Å². The summed E-state index contributed by atoms with van der Waals surface area (Å²) in [5.41, 5.74) is 0. The molecule has 1 aromatic carbocycles. The van der Waals surface area contributed by atoms with Crippen LogP contribution in [0.4, 0.5) is 5.82 Å². The Morgan fingerprint density at radius 2 is 1.75 bits per heavy atom. The van der Waals surface area contributed by atoms with Crippen molar-refractivity contribution < 1.29 is 8.42 Å². The SMILES string of the molecule is O=S(=O)(c1ccccc1)N1CCN(c2cnsn2)CC1. The van der Waals surface area contributed by atoms with E-state index in [2.05, 4.69) is 13.6 Å². The number of hydrogen-bond donors (Lipinski definition) is 0. The zero-order valence-corrected chi connectivity index (χ0v) is 12.3. The van der Waals surface area contributed by atoms with E-state index in [9.17, 15) is 8.42 Å². The van der Waals surface area contributed by atoms with Gasteiger partial charge < -0.3 is 4.90 Å². The van der Waals surface area contributed by atoms with E-state index in [4.69, 9.17) is 0 Å². The summed E-state index contributed by atoms with van der Waals surface area (Å²) in [4.78, 5) is 2.41. The van der Waals surface area contributed by atoms with E-state index < -0.39 is 10.0 Å². The minimum Gasteiger partial charge on any atom is -0.352 e.